The van der Waals surface area contributed by atoms with Crippen LogP contribution in [0.3, 0.4) is 0 Å². The molecule has 0 saturated heterocycles. The third-order valence-electron chi connectivity index (χ3n) is 4.76. The fourth-order valence-corrected chi connectivity index (χ4v) is 3.46. The van der Waals surface area contributed by atoms with Crippen LogP contribution in [0.2, 0.25) is 0 Å². The monoisotopic (exact) mass is 485 g/mol. The summed E-state index contributed by atoms with van der Waals surface area (Å²) in [7, 11) is 4.70. The molecule has 0 fully saturated rings. The molecule has 0 N–H and O–H groups in total. The molecule has 2 aromatic rings. The van der Waals surface area contributed by atoms with Gasteiger partial charge < -0.3 is 14.3 Å². The fourth-order valence-electron chi connectivity index (χ4n) is 3.17. The van der Waals surface area contributed by atoms with Gasteiger partial charge in [-0.15, -0.1) is 9.24 Å². The van der Waals surface area contributed by atoms with E-state index in [9.17, 15) is 22.4 Å². The predicted octanol–water partition coefficient (Wildman–Crippen LogP) is 4.84. The van der Waals surface area contributed by atoms with E-state index in [2.05, 4.69) is 14.4 Å². The van der Waals surface area contributed by atoms with Gasteiger partial charge in [-0.1, -0.05) is 23.4 Å². The molecule has 0 aliphatic rings. The summed E-state index contributed by atoms with van der Waals surface area (Å²) >= 11 is 0. The number of ether oxygens (including phenoxy) is 2. The average Bonchev–Trinajstić information content (AvgIpc) is 2.74. The van der Waals surface area contributed by atoms with Gasteiger partial charge in [-0.25, -0.2) is 9.18 Å². The Labute approximate surface area is 191 Å². The number of hydrogen-bond donors (Lipinski definition) is 0. The van der Waals surface area contributed by atoms with Crippen molar-refractivity contribution in [3.8, 4) is 0 Å². The molecular weight excluding hydrogens is 461 g/mol. The van der Waals surface area contributed by atoms with Gasteiger partial charge in [-0.05, 0) is 42.7 Å². The summed E-state index contributed by atoms with van der Waals surface area (Å²) in [5.74, 6) is -1.29. The molecule has 1 unspecified atom stereocenters. The number of benzene rings is 2. The van der Waals surface area contributed by atoms with Crippen molar-refractivity contribution in [2.24, 2.45) is 5.16 Å². The first-order valence-corrected chi connectivity index (χ1v) is 10.3. The lowest BCUT2D eigenvalue weighted by Gasteiger charge is -2.15. The van der Waals surface area contributed by atoms with Gasteiger partial charge in [0.2, 0.25) is 0 Å². The third kappa shape index (κ3) is 7.02. The number of methoxy groups -OCH3 is 2. The molecule has 0 aromatic heterocycles. The topological polar surface area (TPSA) is 57.1 Å². The van der Waals surface area contributed by atoms with E-state index in [0.29, 0.717) is 11.1 Å². The highest BCUT2D eigenvalue weighted by molar-refractivity contribution is 7.27. The highest BCUT2D eigenvalue weighted by Gasteiger charge is 2.30. The average molecular weight is 485 g/mol. The van der Waals surface area contributed by atoms with Crippen molar-refractivity contribution in [2.45, 2.75) is 33.1 Å². The molecule has 33 heavy (non-hydrogen) atoms. The highest BCUT2D eigenvalue weighted by Crippen LogP contribution is 2.26. The van der Waals surface area contributed by atoms with Crippen LogP contribution in [0.15, 0.2) is 41.7 Å². The second-order valence-electron chi connectivity index (χ2n) is 7.13. The second-order valence-corrected chi connectivity index (χ2v) is 7.75. The lowest BCUT2D eigenvalue weighted by atomic mass is 9.97. The lowest BCUT2D eigenvalue weighted by Crippen LogP contribution is -2.17. The Morgan fingerprint density at radius 3 is 2.48 bits per heavy atom. The minimum absolute atomic E-state index is 0.00411. The van der Waals surface area contributed by atoms with Gasteiger partial charge in [-0.2, -0.15) is 13.2 Å². The van der Waals surface area contributed by atoms with E-state index in [0.717, 1.165) is 17.7 Å². The zero-order valence-corrected chi connectivity index (χ0v) is 19.7. The molecule has 0 saturated carbocycles. The summed E-state index contributed by atoms with van der Waals surface area (Å²) in [6.07, 6.45) is -4.46. The van der Waals surface area contributed by atoms with E-state index < -0.39 is 24.4 Å². The molecule has 0 bridgehead atoms. The van der Waals surface area contributed by atoms with Crippen LogP contribution >= 0.6 is 9.24 Å². The maximum absolute atomic E-state index is 14.1. The van der Waals surface area contributed by atoms with Gasteiger partial charge in [0, 0.05) is 16.4 Å². The molecule has 0 amide bonds. The van der Waals surface area contributed by atoms with Crippen molar-refractivity contribution in [1.29, 1.82) is 0 Å². The van der Waals surface area contributed by atoms with E-state index >= 15 is 0 Å². The Morgan fingerprint density at radius 1 is 1.18 bits per heavy atom. The Balaban J connectivity index is 2.37. The van der Waals surface area contributed by atoms with Crippen LogP contribution in [0.5, 0.6) is 0 Å². The normalized spacial score (nSPS) is 12.5. The van der Waals surface area contributed by atoms with Crippen molar-refractivity contribution in [3.63, 3.8) is 0 Å². The number of esters is 1. The maximum atomic E-state index is 14.1. The van der Waals surface area contributed by atoms with Gasteiger partial charge in [0.25, 0.3) is 0 Å². The van der Waals surface area contributed by atoms with E-state index in [1.165, 1.54) is 27.4 Å². The molecule has 1 atom stereocenters. The van der Waals surface area contributed by atoms with Crippen LogP contribution in [0, 0.1) is 12.7 Å². The number of aryl methyl sites for hydroxylation is 1. The number of carbonyl (C=O) groups excluding carboxylic acids is 1. The van der Waals surface area contributed by atoms with Crippen LogP contribution in [0.4, 0.5) is 17.6 Å². The van der Waals surface area contributed by atoms with E-state index in [4.69, 9.17) is 14.3 Å². The van der Waals surface area contributed by atoms with Crippen molar-refractivity contribution >= 4 is 31.8 Å². The first kappa shape index (κ1) is 26.3. The SMILES string of the molecule is CO/C=C(/C(=O)OC)c1cccc(C)c1CO/N=C(\C)c1cc(F)c(P)cc1CC(F)(F)F. The number of alkyl halides is 3. The van der Waals surface area contributed by atoms with Gasteiger partial charge in [0.15, 0.2) is 0 Å². The van der Waals surface area contributed by atoms with Crippen molar-refractivity contribution in [2.75, 3.05) is 14.2 Å². The number of nitrogens with zero attached hydrogens (tertiary/aromatic N) is 1. The van der Waals surface area contributed by atoms with Gasteiger partial charge in [-0.3, -0.25) is 0 Å². The molecule has 0 aliphatic carbocycles. The number of hydrogen-bond acceptors (Lipinski definition) is 5. The van der Waals surface area contributed by atoms with Crippen LogP contribution in [-0.2, 0) is 32.1 Å². The molecule has 178 valence electrons. The molecule has 0 heterocycles. The molecule has 10 heteroatoms. The Morgan fingerprint density at radius 2 is 1.88 bits per heavy atom. The predicted molar refractivity (Wildman–Crippen MR) is 121 cm³/mol. The van der Waals surface area contributed by atoms with E-state index in [1.54, 1.807) is 25.1 Å². The molecule has 0 spiro atoms. The van der Waals surface area contributed by atoms with Gasteiger partial charge in [0.05, 0.1) is 32.6 Å². The summed E-state index contributed by atoms with van der Waals surface area (Å²) in [5.41, 5.74) is 1.99. The van der Waals surface area contributed by atoms with Crippen LogP contribution in [0.1, 0.15) is 34.7 Å². The van der Waals surface area contributed by atoms with Gasteiger partial charge in [0.1, 0.15) is 18.0 Å². The first-order chi connectivity index (χ1) is 15.5. The summed E-state index contributed by atoms with van der Waals surface area (Å²) in [5, 5.41) is 3.94. The molecule has 2 rings (SSSR count). The third-order valence-corrected chi connectivity index (χ3v) is 5.20. The summed E-state index contributed by atoms with van der Waals surface area (Å²) < 4.78 is 62.8. The smallest absolute Gasteiger partial charge is 0.393 e. The Bertz CT molecular complexity index is 1080. The molecule has 0 radical (unpaired) electrons. The molecule has 0 aliphatic heterocycles. The second kappa shape index (κ2) is 11.3. The first-order valence-electron chi connectivity index (χ1n) is 9.70. The van der Waals surface area contributed by atoms with E-state index in [-0.39, 0.29) is 34.3 Å². The highest BCUT2D eigenvalue weighted by atomic mass is 31.0. The quantitative estimate of drug-likeness (QED) is 0.102. The van der Waals surface area contributed by atoms with Crippen molar-refractivity contribution < 1.29 is 36.7 Å². The summed E-state index contributed by atoms with van der Waals surface area (Å²) in [4.78, 5) is 17.6. The number of rotatable bonds is 8. The summed E-state index contributed by atoms with van der Waals surface area (Å²) in [6.45, 7) is 3.13. The number of halogens is 4. The fraction of sp³-hybridized carbons (Fsp3) is 0.304. The van der Waals surface area contributed by atoms with Crippen molar-refractivity contribution in [3.05, 3.63) is 70.2 Å². The maximum Gasteiger partial charge on any atom is 0.393 e. The zero-order valence-electron chi connectivity index (χ0n) is 18.5. The Kier molecular flexibility index (Phi) is 8.99. The number of carbonyl (C=O) groups is 1. The zero-order chi connectivity index (χ0) is 24.8. The van der Waals surface area contributed by atoms with Crippen molar-refractivity contribution in [1.82, 2.24) is 0 Å². The Hall–Kier alpha value is -2.93. The van der Waals surface area contributed by atoms with Crippen LogP contribution in [-0.4, -0.2) is 32.1 Å². The standard InChI is InChI=1S/C23H24F4NO4P/c1-13-6-5-7-16(19(11-30-3)22(29)31-4)18(13)12-32-28-14(2)17-9-20(24)21(33)8-15(17)10-23(25,26)27/h5-9,11H,10,12,33H2,1-4H3/b19-11+,28-14+. The van der Waals surface area contributed by atoms with Gasteiger partial charge >= 0.3 is 12.1 Å². The van der Waals surface area contributed by atoms with E-state index in [1.807, 2.05) is 0 Å². The minimum atomic E-state index is -4.47. The summed E-state index contributed by atoms with van der Waals surface area (Å²) in [6, 6.07) is 7.35. The van der Waals surface area contributed by atoms with Crippen LogP contribution in [0.25, 0.3) is 5.57 Å². The van der Waals surface area contributed by atoms with Crippen LogP contribution < -0.4 is 5.30 Å². The lowest BCUT2D eigenvalue weighted by molar-refractivity contribution is -0.133. The molecular formula is C23H24F4NO4P. The minimum Gasteiger partial charge on any atom is -0.503 e. The molecule has 2 aromatic carbocycles. The largest absolute Gasteiger partial charge is 0.503 e. The molecule has 5 nitrogen and oxygen atoms in total. The number of oxime groups is 1.